The summed E-state index contributed by atoms with van der Waals surface area (Å²) in [5.74, 6) is 0.603. The highest BCUT2D eigenvalue weighted by molar-refractivity contribution is 5.86. The first-order valence-corrected chi connectivity index (χ1v) is 6.43. The Morgan fingerprint density at radius 3 is 2.47 bits per heavy atom. The van der Waals surface area contributed by atoms with Gasteiger partial charge < -0.3 is 0 Å². The second-order valence-corrected chi connectivity index (χ2v) is 5.22. The molecule has 0 spiro atoms. The van der Waals surface area contributed by atoms with Crippen LogP contribution in [0.4, 0.5) is 0 Å². The first-order chi connectivity index (χ1) is 8.09. The Kier molecular flexibility index (Phi) is 3.63. The van der Waals surface area contributed by atoms with Gasteiger partial charge in [0.25, 0.3) is 0 Å². The Morgan fingerprint density at radius 1 is 1.18 bits per heavy atom. The number of ketones is 1. The number of hydrogen-bond donors (Lipinski definition) is 0. The maximum Gasteiger partial charge on any atom is 0.152 e. The van der Waals surface area contributed by atoms with E-state index in [0.29, 0.717) is 11.8 Å². The van der Waals surface area contributed by atoms with E-state index in [-0.39, 0.29) is 12.0 Å². The number of Topliss-reactive ketones (excluding diaryl/α,β-unsaturated/α-hetero) is 1. The number of benzene rings is 1. The second-order valence-electron chi connectivity index (χ2n) is 5.22. The minimum atomic E-state index is 0.0500. The van der Waals surface area contributed by atoms with Gasteiger partial charge in [0.05, 0.1) is 6.04 Å². The van der Waals surface area contributed by atoms with Gasteiger partial charge in [-0.2, -0.15) is 0 Å². The predicted molar refractivity (Wildman–Crippen MR) is 69.7 cm³/mol. The monoisotopic (exact) mass is 231 g/mol. The van der Waals surface area contributed by atoms with Gasteiger partial charge in [0.2, 0.25) is 0 Å². The summed E-state index contributed by atoms with van der Waals surface area (Å²) in [6, 6.07) is 10.9. The molecule has 1 fully saturated rings. The van der Waals surface area contributed by atoms with Crippen molar-refractivity contribution in [2.24, 2.45) is 5.92 Å². The van der Waals surface area contributed by atoms with Crippen molar-refractivity contribution in [1.82, 2.24) is 4.90 Å². The lowest BCUT2D eigenvalue weighted by Crippen LogP contribution is -2.51. The van der Waals surface area contributed by atoms with Crippen LogP contribution in [0, 0.1) is 5.92 Å². The molecule has 3 atom stereocenters. The van der Waals surface area contributed by atoms with Crippen LogP contribution in [0.15, 0.2) is 30.3 Å². The van der Waals surface area contributed by atoms with Crippen LogP contribution in [-0.2, 0) is 11.3 Å². The molecule has 1 saturated heterocycles. The van der Waals surface area contributed by atoms with E-state index in [0.717, 1.165) is 13.0 Å². The Hall–Kier alpha value is -1.15. The van der Waals surface area contributed by atoms with Gasteiger partial charge in [-0.1, -0.05) is 37.3 Å². The first-order valence-electron chi connectivity index (χ1n) is 6.43. The summed E-state index contributed by atoms with van der Waals surface area (Å²) in [6.07, 6.45) is 0.982. The van der Waals surface area contributed by atoms with Crippen molar-refractivity contribution >= 4 is 5.78 Å². The third kappa shape index (κ3) is 2.58. The van der Waals surface area contributed by atoms with Gasteiger partial charge in [0.1, 0.15) is 0 Å². The van der Waals surface area contributed by atoms with Gasteiger partial charge in [-0.05, 0) is 25.8 Å². The third-order valence-corrected chi connectivity index (χ3v) is 3.86. The predicted octanol–water partition coefficient (Wildman–Crippen LogP) is 2.87. The Balaban J connectivity index is 2.12. The van der Waals surface area contributed by atoms with E-state index in [1.54, 1.807) is 0 Å². The molecule has 1 heterocycles. The van der Waals surface area contributed by atoms with E-state index in [1.807, 2.05) is 13.0 Å². The van der Waals surface area contributed by atoms with Crippen LogP contribution in [0.3, 0.4) is 0 Å². The number of nitrogens with zero attached hydrogens (tertiary/aromatic N) is 1. The van der Waals surface area contributed by atoms with Crippen molar-refractivity contribution in [3.05, 3.63) is 35.9 Å². The lowest BCUT2D eigenvalue weighted by Gasteiger charge is -2.40. The van der Waals surface area contributed by atoms with Gasteiger partial charge in [-0.25, -0.2) is 0 Å². The molecule has 1 aliphatic heterocycles. The highest BCUT2D eigenvalue weighted by Gasteiger charge is 2.35. The van der Waals surface area contributed by atoms with Crippen molar-refractivity contribution in [1.29, 1.82) is 0 Å². The van der Waals surface area contributed by atoms with Crippen LogP contribution in [-0.4, -0.2) is 22.8 Å². The van der Waals surface area contributed by atoms with E-state index in [1.165, 1.54) is 5.56 Å². The van der Waals surface area contributed by atoms with E-state index >= 15 is 0 Å². The van der Waals surface area contributed by atoms with Gasteiger partial charge in [0, 0.05) is 18.5 Å². The summed E-state index contributed by atoms with van der Waals surface area (Å²) >= 11 is 0. The smallest absolute Gasteiger partial charge is 0.152 e. The van der Waals surface area contributed by atoms with E-state index < -0.39 is 0 Å². The molecule has 3 unspecified atom stereocenters. The summed E-state index contributed by atoms with van der Waals surface area (Å²) in [5.41, 5.74) is 1.29. The summed E-state index contributed by atoms with van der Waals surface area (Å²) in [4.78, 5) is 14.3. The average Bonchev–Trinajstić information content (AvgIpc) is 2.33. The molecule has 2 nitrogen and oxygen atoms in total. The molecule has 17 heavy (non-hydrogen) atoms. The minimum Gasteiger partial charge on any atom is -0.298 e. The fourth-order valence-corrected chi connectivity index (χ4v) is 2.81. The zero-order valence-electron chi connectivity index (χ0n) is 10.9. The van der Waals surface area contributed by atoms with E-state index in [4.69, 9.17) is 0 Å². The highest BCUT2D eigenvalue weighted by atomic mass is 16.1. The van der Waals surface area contributed by atoms with Crippen LogP contribution in [0.5, 0.6) is 0 Å². The maximum absolute atomic E-state index is 12.0. The molecule has 92 valence electrons. The number of rotatable bonds is 2. The number of hydrogen-bond acceptors (Lipinski definition) is 2. The normalized spacial score (nSPS) is 30.5. The molecular weight excluding hydrogens is 210 g/mol. The van der Waals surface area contributed by atoms with Crippen molar-refractivity contribution in [2.75, 3.05) is 0 Å². The van der Waals surface area contributed by atoms with E-state index in [9.17, 15) is 4.79 Å². The minimum absolute atomic E-state index is 0.0500. The van der Waals surface area contributed by atoms with Crippen molar-refractivity contribution in [2.45, 2.75) is 45.8 Å². The number of carbonyl (C=O) groups is 1. The molecule has 2 rings (SSSR count). The fourth-order valence-electron chi connectivity index (χ4n) is 2.81. The lowest BCUT2D eigenvalue weighted by molar-refractivity contribution is -0.133. The summed E-state index contributed by atoms with van der Waals surface area (Å²) in [7, 11) is 0. The van der Waals surface area contributed by atoms with Gasteiger partial charge in [-0.15, -0.1) is 0 Å². The molecule has 0 amide bonds. The largest absolute Gasteiger partial charge is 0.298 e. The fraction of sp³-hybridized carbons (Fsp3) is 0.533. The second kappa shape index (κ2) is 5.01. The lowest BCUT2D eigenvalue weighted by atomic mass is 9.87. The number of likely N-dealkylation sites (tertiary alicyclic amines) is 1. The van der Waals surface area contributed by atoms with Gasteiger partial charge in [-0.3, -0.25) is 9.69 Å². The van der Waals surface area contributed by atoms with Crippen LogP contribution >= 0.6 is 0 Å². The molecule has 0 radical (unpaired) electrons. The average molecular weight is 231 g/mol. The summed E-state index contributed by atoms with van der Waals surface area (Å²) in [5, 5.41) is 0. The Morgan fingerprint density at radius 2 is 1.82 bits per heavy atom. The van der Waals surface area contributed by atoms with Crippen molar-refractivity contribution in [3.8, 4) is 0 Å². The molecule has 0 bridgehead atoms. The summed E-state index contributed by atoms with van der Waals surface area (Å²) in [6.45, 7) is 7.19. The van der Waals surface area contributed by atoms with Gasteiger partial charge >= 0.3 is 0 Å². The van der Waals surface area contributed by atoms with Crippen molar-refractivity contribution in [3.63, 3.8) is 0 Å². The molecule has 1 aromatic carbocycles. The molecule has 0 aliphatic carbocycles. The Bertz CT molecular complexity index is 387. The van der Waals surface area contributed by atoms with Crippen LogP contribution < -0.4 is 0 Å². The molecule has 2 heteroatoms. The number of piperidine rings is 1. The third-order valence-electron chi connectivity index (χ3n) is 3.86. The molecule has 0 aromatic heterocycles. The molecular formula is C15H21NO. The maximum atomic E-state index is 12.0. The topological polar surface area (TPSA) is 20.3 Å². The summed E-state index contributed by atoms with van der Waals surface area (Å²) < 4.78 is 0. The zero-order chi connectivity index (χ0) is 12.4. The van der Waals surface area contributed by atoms with E-state index in [2.05, 4.69) is 43.0 Å². The van der Waals surface area contributed by atoms with Crippen LogP contribution in [0.25, 0.3) is 0 Å². The van der Waals surface area contributed by atoms with Crippen molar-refractivity contribution < 1.29 is 4.79 Å². The van der Waals surface area contributed by atoms with Gasteiger partial charge in [0.15, 0.2) is 5.78 Å². The molecule has 0 N–H and O–H groups in total. The quantitative estimate of drug-likeness (QED) is 0.780. The SMILES string of the molecule is CC1CC(C)N(Cc2ccccc2)C(C)C1=O. The molecule has 1 aromatic rings. The standard InChI is InChI=1S/C15H21NO/c1-11-9-12(2)16(13(3)15(11)17)10-14-7-5-4-6-8-14/h4-8,11-13H,9-10H2,1-3H3. The zero-order valence-corrected chi connectivity index (χ0v) is 10.9. The highest BCUT2D eigenvalue weighted by Crippen LogP contribution is 2.26. The number of carbonyl (C=O) groups excluding carboxylic acids is 1. The van der Waals surface area contributed by atoms with Crippen LogP contribution in [0.1, 0.15) is 32.8 Å². The molecule has 1 aliphatic rings. The van der Waals surface area contributed by atoms with Crippen LogP contribution in [0.2, 0.25) is 0 Å². The Labute approximate surface area is 104 Å². The first kappa shape index (κ1) is 12.3. The molecule has 0 saturated carbocycles.